The zero-order valence-corrected chi connectivity index (χ0v) is 12.2. The van der Waals surface area contributed by atoms with Crippen molar-refractivity contribution in [3.05, 3.63) is 29.3 Å². The molecule has 0 radical (unpaired) electrons. The number of hydrogen-bond acceptors (Lipinski definition) is 3. The van der Waals surface area contributed by atoms with Gasteiger partial charge in [-0.05, 0) is 44.0 Å². The number of likely N-dealkylation sites (N-methyl/N-ethyl adjacent to an activating group) is 1. The highest BCUT2D eigenvalue weighted by Gasteiger charge is 2.22. The lowest BCUT2D eigenvalue weighted by Gasteiger charge is -2.38. The molecule has 0 aliphatic carbocycles. The van der Waals surface area contributed by atoms with Gasteiger partial charge in [-0.1, -0.05) is 12.1 Å². The van der Waals surface area contributed by atoms with Crippen molar-refractivity contribution in [3.8, 4) is 0 Å². The van der Waals surface area contributed by atoms with Gasteiger partial charge in [0.25, 0.3) is 0 Å². The minimum atomic E-state index is 0.673. The maximum Gasteiger partial charge on any atom is 0.0375 e. The van der Waals surface area contributed by atoms with Gasteiger partial charge in [-0.25, -0.2) is 0 Å². The SMILES string of the molecule is CC1CN(Cc2cccc3c2CCCN3)CCN1C. The van der Waals surface area contributed by atoms with Crippen molar-refractivity contribution in [2.45, 2.75) is 32.4 Å². The molecule has 3 rings (SSSR count). The van der Waals surface area contributed by atoms with E-state index in [9.17, 15) is 0 Å². The van der Waals surface area contributed by atoms with Gasteiger partial charge in [-0.2, -0.15) is 0 Å². The fraction of sp³-hybridized carbons (Fsp3) is 0.625. The van der Waals surface area contributed by atoms with E-state index in [1.165, 1.54) is 43.7 Å². The molecule has 0 amide bonds. The highest BCUT2D eigenvalue weighted by Crippen LogP contribution is 2.26. The van der Waals surface area contributed by atoms with Crippen molar-refractivity contribution >= 4 is 5.69 Å². The molecular formula is C16H25N3. The number of hydrogen-bond donors (Lipinski definition) is 1. The summed E-state index contributed by atoms with van der Waals surface area (Å²) in [4.78, 5) is 5.06. The van der Waals surface area contributed by atoms with Gasteiger partial charge < -0.3 is 10.2 Å². The lowest BCUT2D eigenvalue weighted by molar-refractivity contribution is 0.0998. The first-order chi connectivity index (χ1) is 9.24. The third kappa shape index (κ3) is 2.77. The van der Waals surface area contributed by atoms with E-state index in [4.69, 9.17) is 0 Å². The van der Waals surface area contributed by atoms with Gasteiger partial charge in [-0.15, -0.1) is 0 Å². The van der Waals surface area contributed by atoms with Crippen molar-refractivity contribution in [3.63, 3.8) is 0 Å². The Morgan fingerprint density at radius 2 is 2.21 bits per heavy atom. The molecule has 3 nitrogen and oxygen atoms in total. The van der Waals surface area contributed by atoms with E-state index in [-0.39, 0.29) is 0 Å². The van der Waals surface area contributed by atoms with E-state index in [0.29, 0.717) is 6.04 Å². The summed E-state index contributed by atoms with van der Waals surface area (Å²) >= 11 is 0. The van der Waals surface area contributed by atoms with Gasteiger partial charge >= 0.3 is 0 Å². The molecule has 0 spiro atoms. The molecule has 0 saturated carbocycles. The van der Waals surface area contributed by atoms with Crippen LogP contribution in [0.15, 0.2) is 18.2 Å². The van der Waals surface area contributed by atoms with Crippen LogP contribution in [0.25, 0.3) is 0 Å². The molecule has 1 unspecified atom stereocenters. The Morgan fingerprint density at radius 3 is 3.05 bits per heavy atom. The molecule has 1 aromatic carbocycles. The first kappa shape index (κ1) is 12.9. The summed E-state index contributed by atoms with van der Waals surface area (Å²) in [6.07, 6.45) is 2.50. The third-order valence-corrected chi connectivity index (χ3v) is 4.63. The smallest absolute Gasteiger partial charge is 0.0375 e. The van der Waals surface area contributed by atoms with Crippen LogP contribution in [0.1, 0.15) is 24.5 Å². The topological polar surface area (TPSA) is 18.5 Å². The Labute approximate surface area is 116 Å². The van der Waals surface area contributed by atoms with Gasteiger partial charge in [0.2, 0.25) is 0 Å². The normalized spacial score (nSPS) is 24.8. The fourth-order valence-electron chi connectivity index (χ4n) is 3.24. The number of fused-ring (bicyclic) bond motifs is 1. The number of rotatable bonds is 2. The molecular weight excluding hydrogens is 234 g/mol. The molecule has 1 N–H and O–H groups in total. The Morgan fingerprint density at radius 1 is 1.32 bits per heavy atom. The molecule has 1 atom stereocenters. The van der Waals surface area contributed by atoms with Crippen LogP contribution in [-0.2, 0) is 13.0 Å². The summed E-state index contributed by atoms with van der Waals surface area (Å²) in [6.45, 7) is 8.14. The minimum Gasteiger partial charge on any atom is -0.385 e. The second-order valence-electron chi connectivity index (χ2n) is 6.04. The average Bonchev–Trinajstić information content (AvgIpc) is 2.43. The Hall–Kier alpha value is -1.06. The summed E-state index contributed by atoms with van der Waals surface area (Å²) in [7, 11) is 2.23. The summed E-state index contributed by atoms with van der Waals surface area (Å²) in [6, 6.07) is 7.41. The number of nitrogens with zero attached hydrogens (tertiary/aromatic N) is 2. The lowest BCUT2D eigenvalue weighted by Crippen LogP contribution is -2.49. The number of benzene rings is 1. The predicted molar refractivity (Wildman–Crippen MR) is 80.6 cm³/mol. The van der Waals surface area contributed by atoms with Crippen molar-refractivity contribution in [1.29, 1.82) is 0 Å². The number of anilines is 1. The molecule has 1 aromatic rings. The largest absolute Gasteiger partial charge is 0.385 e. The number of piperazine rings is 1. The van der Waals surface area contributed by atoms with Crippen LogP contribution in [0.5, 0.6) is 0 Å². The van der Waals surface area contributed by atoms with Gasteiger partial charge in [-0.3, -0.25) is 4.90 Å². The zero-order chi connectivity index (χ0) is 13.2. The van der Waals surface area contributed by atoms with E-state index < -0.39 is 0 Å². The Kier molecular flexibility index (Phi) is 3.76. The van der Waals surface area contributed by atoms with E-state index in [1.807, 2.05) is 0 Å². The maximum absolute atomic E-state index is 3.53. The Bertz CT molecular complexity index is 444. The summed E-state index contributed by atoms with van der Waals surface area (Å²) in [5, 5.41) is 3.53. The van der Waals surface area contributed by atoms with Crippen LogP contribution in [0.2, 0.25) is 0 Å². The van der Waals surface area contributed by atoms with Gasteiger partial charge in [0, 0.05) is 44.5 Å². The number of nitrogens with one attached hydrogen (secondary N) is 1. The fourth-order valence-corrected chi connectivity index (χ4v) is 3.24. The molecule has 1 saturated heterocycles. The molecule has 2 aliphatic heterocycles. The molecule has 3 heteroatoms. The van der Waals surface area contributed by atoms with Crippen molar-refractivity contribution in [2.75, 3.05) is 38.5 Å². The van der Waals surface area contributed by atoms with Crippen molar-refractivity contribution in [2.24, 2.45) is 0 Å². The Balaban J connectivity index is 1.73. The van der Waals surface area contributed by atoms with Crippen LogP contribution in [-0.4, -0.2) is 49.1 Å². The van der Waals surface area contributed by atoms with Crippen LogP contribution in [0, 0.1) is 0 Å². The quantitative estimate of drug-likeness (QED) is 0.878. The third-order valence-electron chi connectivity index (χ3n) is 4.63. The van der Waals surface area contributed by atoms with Gasteiger partial charge in [0.05, 0.1) is 0 Å². The van der Waals surface area contributed by atoms with Crippen LogP contribution in [0.3, 0.4) is 0 Å². The first-order valence-corrected chi connectivity index (χ1v) is 7.51. The van der Waals surface area contributed by atoms with Crippen LogP contribution >= 0.6 is 0 Å². The van der Waals surface area contributed by atoms with Gasteiger partial charge in [0.15, 0.2) is 0 Å². The van der Waals surface area contributed by atoms with E-state index in [2.05, 4.69) is 47.3 Å². The summed E-state index contributed by atoms with van der Waals surface area (Å²) in [5.41, 5.74) is 4.45. The minimum absolute atomic E-state index is 0.673. The van der Waals surface area contributed by atoms with E-state index >= 15 is 0 Å². The second-order valence-corrected chi connectivity index (χ2v) is 6.04. The average molecular weight is 259 g/mol. The molecule has 19 heavy (non-hydrogen) atoms. The molecule has 2 aliphatic rings. The second kappa shape index (κ2) is 5.51. The monoisotopic (exact) mass is 259 g/mol. The van der Waals surface area contributed by atoms with Crippen LogP contribution in [0.4, 0.5) is 5.69 Å². The first-order valence-electron chi connectivity index (χ1n) is 7.51. The van der Waals surface area contributed by atoms with E-state index in [0.717, 1.165) is 13.1 Å². The maximum atomic E-state index is 3.53. The zero-order valence-electron chi connectivity index (χ0n) is 12.2. The molecule has 104 valence electrons. The standard InChI is InChI=1S/C16H25N3/c1-13-11-19(10-9-18(13)2)12-14-5-3-7-16-15(14)6-4-8-17-16/h3,5,7,13,17H,4,6,8-12H2,1-2H3. The predicted octanol–water partition coefficient (Wildman–Crippen LogP) is 2.18. The van der Waals surface area contributed by atoms with Crippen molar-refractivity contribution < 1.29 is 0 Å². The lowest BCUT2D eigenvalue weighted by atomic mass is 9.97. The molecule has 2 heterocycles. The summed E-state index contributed by atoms with van der Waals surface area (Å²) < 4.78 is 0. The summed E-state index contributed by atoms with van der Waals surface area (Å²) in [5.74, 6) is 0. The van der Waals surface area contributed by atoms with Crippen LogP contribution < -0.4 is 5.32 Å². The van der Waals surface area contributed by atoms with E-state index in [1.54, 1.807) is 5.56 Å². The van der Waals surface area contributed by atoms with Crippen molar-refractivity contribution in [1.82, 2.24) is 9.80 Å². The highest BCUT2D eigenvalue weighted by molar-refractivity contribution is 5.56. The molecule has 0 aromatic heterocycles. The molecule has 0 bridgehead atoms. The highest BCUT2D eigenvalue weighted by atomic mass is 15.3. The van der Waals surface area contributed by atoms with Gasteiger partial charge in [0.1, 0.15) is 0 Å². The molecule has 1 fully saturated rings.